The second-order valence-corrected chi connectivity index (χ2v) is 6.79. The van der Waals surface area contributed by atoms with Gasteiger partial charge in [-0.2, -0.15) is 0 Å². The van der Waals surface area contributed by atoms with Crippen LogP contribution < -0.4 is 0 Å². The third-order valence-corrected chi connectivity index (χ3v) is 5.37. The van der Waals surface area contributed by atoms with Crippen LogP contribution >= 0.6 is 11.8 Å². The molecule has 8 nitrogen and oxygen atoms in total. The first-order valence-corrected chi connectivity index (χ1v) is 8.10. The number of nitrogens with zero attached hydrogens (tertiary/aromatic N) is 2. The summed E-state index contributed by atoms with van der Waals surface area (Å²) in [5.41, 5.74) is 0. The van der Waals surface area contributed by atoms with Crippen molar-refractivity contribution >= 4 is 28.3 Å². The van der Waals surface area contributed by atoms with E-state index < -0.39 is 14.9 Å². The fourth-order valence-electron chi connectivity index (χ4n) is 1.52. The van der Waals surface area contributed by atoms with Crippen LogP contribution in [0.3, 0.4) is 0 Å². The number of hydrogen-bond acceptors (Lipinski definition) is 7. The lowest BCUT2D eigenvalue weighted by atomic mass is 10.5. The summed E-state index contributed by atoms with van der Waals surface area (Å²) in [7, 11) is -3.61. The highest BCUT2D eigenvalue weighted by Gasteiger charge is 2.29. The summed E-state index contributed by atoms with van der Waals surface area (Å²) in [6.07, 6.45) is 1.51. The Labute approximate surface area is 115 Å². The molecule has 0 saturated carbocycles. The number of ether oxygens (including phenoxy) is 1. The van der Waals surface area contributed by atoms with Crippen molar-refractivity contribution in [3.63, 3.8) is 0 Å². The molecule has 1 rings (SSSR count). The van der Waals surface area contributed by atoms with Crippen molar-refractivity contribution in [2.24, 2.45) is 0 Å². The SMILES string of the molecule is O=COCCCS(=O)(=O)N1CCCSC1=C[N+](=O)[O-]. The van der Waals surface area contributed by atoms with Gasteiger partial charge in [0.25, 0.3) is 12.7 Å². The summed E-state index contributed by atoms with van der Waals surface area (Å²) in [5.74, 6) is 0.441. The number of sulfonamides is 1. The zero-order valence-electron chi connectivity index (χ0n) is 10.1. The summed E-state index contributed by atoms with van der Waals surface area (Å²) in [6.45, 7) is 0.503. The third kappa shape index (κ3) is 5.07. The van der Waals surface area contributed by atoms with Crippen LogP contribution in [-0.4, -0.2) is 48.8 Å². The maximum Gasteiger partial charge on any atom is 0.293 e. The normalized spacial score (nSPS) is 18.3. The fraction of sp³-hybridized carbons (Fsp3) is 0.667. The van der Waals surface area contributed by atoms with E-state index in [1.807, 2.05) is 0 Å². The van der Waals surface area contributed by atoms with Crippen LogP contribution in [0.25, 0.3) is 0 Å². The predicted octanol–water partition coefficient (Wildman–Crippen LogP) is 0.394. The van der Waals surface area contributed by atoms with E-state index >= 15 is 0 Å². The molecule has 1 fully saturated rings. The van der Waals surface area contributed by atoms with Gasteiger partial charge in [-0.25, -0.2) is 8.42 Å². The fourth-order valence-corrected chi connectivity index (χ4v) is 4.33. The summed E-state index contributed by atoms with van der Waals surface area (Å²) in [6, 6.07) is 0. The van der Waals surface area contributed by atoms with Crippen LogP contribution in [-0.2, 0) is 19.6 Å². The molecule has 0 aliphatic carbocycles. The predicted molar refractivity (Wildman–Crippen MR) is 69.3 cm³/mol. The van der Waals surface area contributed by atoms with Crippen molar-refractivity contribution in [2.45, 2.75) is 12.8 Å². The highest BCUT2D eigenvalue weighted by Crippen LogP contribution is 2.29. The monoisotopic (exact) mass is 310 g/mol. The average Bonchev–Trinajstić information content (AvgIpc) is 2.34. The van der Waals surface area contributed by atoms with Gasteiger partial charge >= 0.3 is 0 Å². The Morgan fingerprint density at radius 3 is 2.89 bits per heavy atom. The van der Waals surface area contributed by atoms with Crippen molar-refractivity contribution in [3.05, 3.63) is 21.3 Å². The van der Waals surface area contributed by atoms with E-state index in [9.17, 15) is 23.3 Å². The highest BCUT2D eigenvalue weighted by atomic mass is 32.2. The minimum atomic E-state index is -3.61. The smallest absolute Gasteiger partial charge is 0.293 e. The molecule has 10 heteroatoms. The Kier molecular flexibility index (Phi) is 6.09. The summed E-state index contributed by atoms with van der Waals surface area (Å²) in [4.78, 5) is 19.7. The van der Waals surface area contributed by atoms with E-state index in [0.717, 1.165) is 16.1 Å². The zero-order chi connectivity index (χ0) is 14.3. The molecule has 0 bridgehead atoms. The number of carbonyl (C=O) groups excluding carboxylic acids is 1. The lowest BCUT2D eigenvalue weighted by Crippen LogP contribution is -2.35. The van der Waals surface area contributed by atoms with E-state index in [0.29, 0.717) is 18.4 Å². The van der Waals surface area contributed by atoms with E-state index in [4.69, 9.17) is 0 Å². The second-order valence-electron chi connectivity index (χ2n) is 3.66. The first-order valence-electron chi connectivity index (χ1n) is 5.51. The van der Waals surface area contributed by atoms with Crippen LogP contribution in [0.1, 0.15) is 12.8 Å². The van der Waals surface area contributed by atoms with Gasteiger partial charge in [-0.15, -0.1) is 11.8 Å². The van der Waals surface area contributed by atoms with Crippen molar-refractivity contribution in [3.8, 4) is 0 Å². The highest BCUT2D eigenvalue weighted by molar-refractivity contribution is 8.04. The van der Waals surface area contributed by atoms with Gasteiger partial charge in [0.1, 0.15) is 0 Å². The van der Waals surface area contributed by atoms with Gasteiger partial charge in [-0.3, -0.25) is 19.2 Å². The molecule has 0 amide bonds. The van der Waals surface area contributed by atoms with Gasteiger partial charge in [0.05, 0.1) is 17.3 Å². The van der Waals surface area contributed by atoms with Gasteiger partial charge in [0.15, 0.2) is 5.03 Å². The zero-order valence-corrected chi connectivity index (χ0v) is 11.7. The standard InChI is InChI=1S/C9H14N2O6S2/c12-8-17-4-2-6-19(15,16)10-3-1-5-18-9(10)7-11(13)14/h7-8H,1-6H2. The quantitative estimate of drug-likeness (QED) is 0.290. The lowest BCUT2D eigenvalue weighted by Gasteiger charge is -2.28. The van der Waals surface area contributed by atoms with Crippen LogP contribution in [0.4, 0.5) is 0 Å². The summed E-state index contributed by atoms with van der Waals surface area (Å²) in [5, 5.41) is 10.6. The van der Waals surface area contributed by atoms with Crippen LogP contribution in [0, 0.1) is 10.1 Å². The van der Waals surface area contributed by atoms with Crippen molar-refractivity contribution in [1.29, 1.82) is 0 Å². The molecule has 0 atom stereocenters. The van der Waals surface area contributed by atoms with Crippen LogP contribution in [0.2, 0.25) is 0 Å². The Balaban J connectivity index is 2.73. The maximum absolute atomic E-state index is 12.0. The van der Waals surface area contributed by atoms with Gasteiger partial charge in [-0.1, -0.05) is 0 Å². The molecular weight excluding hydrogens is 296 g/mol. The molecule has 1 aliphatic heterocycles. The molecule has 1 aliphatic rings. The Morgan fingerprint density at radius 1 is 1.53 bits per heavy atom. The van der Waals surface area contributed by atoms with Gasteiger partial charge in [-0.05, 0) is 12.8 Å². The van der Waals surface area contributed by atoms with Crippen molar-refractivity contribution in [2.75, 3.05) is 24.7 Å². The third-order valence-electron chi connectivity index (χ3n) is 2.29. The lowest BCUT2D eigenvalue weighted by molar-refractivity contribution is -0.403. The molecule has 0 aromatic heterocycles. The Bertz CT molecular complexity index is 461. The molecule has 0 aromatic rings. The minimum Gasteiger partial charge on any atom is -0.468 e. The van der Waals surface area contributed by atoms with Gasteiger partial charge < -0.3 is 4.74 Å². The van der Waals surface area contributed by atoms with Crippen LogP contribution in [0.15, 0.2) is 11.2 Å². The molecule has 0 spiro atoms. The molecule has 108 valence electrons. The number of carbonyl (C=O) groups is 1. The van der Waals surface area contributed by atoms with E-state index in [1.54, 1.807) is 0 Å². The Hall–Kier alpha value is -1.29. The van der Waals surface area contributed by atoms with E-state index in [-0.39, 0.29) is 36.8 Å². The van der Waals surface area contributed by atoms with Crippen LogP contribution in [0.5, 0.6) is 0 Å². The second kappa shape index (κ2) is 7.34. The number of thioether (sulfide) groups is 1. The summed E-state index contributed by atoms with van der Waals surface area (Å²) < 4.78 is 29.6. The minimum absolute atomic E-state index is 0.0119. The van der Waals surface area contributed by atoms with Gasteiger partial charge in [0, 0.05) is 12.3 Å². The molecule has 0 unspecified atom stereocenters. The molecule has 0 N–H and O–H groups in total. The molecule has 1 heterocycles. The van der Waals surface area contributed by atoms with Gasteiger partial charge in [0.2, 0.25) is 10.0 Å². The topological polar surface area (TPSA) is 107 Å². The maximum atomic E-state index is 12.0. The number of rotatable bonds is 7. The molecule has 19 heavy (non-hydrogen) atoms. The average molecular weight is 310 g/mol. The molecule has 0 aromatic carbocycles. The largest absolute Gasteiger partial charge is 0.468 e. The number of hydrogen-bond donors (Lipinski definition) is 0. The number of nitro groups is 1. The first kappa shape index (κ1) is 15.8. The van der Waals surface area contributed by atoms with Crippen molar-refractivity contribution < 1.29 is 22.9 Å². The van der Waals surface area contributed by atoms with E-state index in [2.05, 4.69) is 4.74 Å². The Morgan fingerprint density at radius 2 is 2.26 bits per heavy atom. The summed E-state index contributed by atoms with van der Waals surface area (Å²) >= 11 is 1.15. The molecule has 1 saturated heterocycles. The first-order chi connectivity index (χ1) is 8.97. The van der Waals surface area contributed by atoms with Crippen molar-refractivity contribution in [1.82, 2.24) is 4.31 Å². The van der Waals surface area contributed by atoms with E-state index in [1.165, 1.54) is 0 Å². The molecular formula is C9H14N2O6S2. The molecule has 0 radical (unpaired) electrons.